The molecule has 0 saturated carbocycles. The first kappa shape index (κ1) is 24.8. The largest absolute Gasteiger partial charge is 0.247 e. The van der Waals surface area contributed by atoms with Crippen molar-refractivity contribution < 1.29 is 0 Å². The van der Waals surface area contributed by atoms with Crippen molar-refractivity contribution in [3.63, 3.8) is 0 Å². The topological polar surface area (TPSA) is 12.9 Å². The molecular formula is C43H27N. The van der Waals surface area contributed by atoms with Gasteiger partial charge in [0.15, 0.2) is 0 Å². The van der Waals surface area contributed by atoms with Gasteiger partial charge in [-0.3, -0.25) is 0 Å². The molecule has 1 aromatic heterocycles. The summed E-state index contributed by atoms with van der Waals surface area (Å²) in [7, 11) is 0. The standard InChI is InChI=1S/C43H27N/c1-2-11-29-25-34(21-20-28(29)10-1)43-35-15-4-3-12-32(35)27-42(44-43)33-14-9-13-30(24-33)31-22-23-40-38-18-6-5-16-36(38)37-17-7-8-19-39(37)41(40)26-31/h1-27H. The van der Waals surface area contributed by atoms with Crippen LogP contribution in [0, 0.1) is 0 Å². The van der Waals surface area contributed by atoms with E-state index in [0.717, 1.165) is 27.9 Å². The van der Waals surface area contributed by atoms with Crippen molar-refractivity contribution in [3.05, 3.63) is 164 Å². The summed E-state index contributed by atoms with van der Waals surface area (Å²) >= 11 is 0. The number of pyridine rings is 1. The second-order valence-corrected chi connectivity index (χ2v) is 11.6. The van der Waals surface area contributed by atoms with Crippen LogP contribution in [-0.4, -0.2) is 4.98 Å². The number of hydrogen-bond donors (Lipinski definition) is 0. The average molecular weight is 558 g/mol. The van der Waals surface area contributed by atoms with Gasteiger partial charge in [-0.2, -0.15) is 0 Å². The number of aromatic nitrogens is 1. The molecule has 0 saturated heterocycles. The predicted molar refractivity (Wildman–Crippen MR) is 188 cm³/mol. The van der Waals surface area contributed by atoms with E-state index in [1.54, 1.807) is 0 Å². The quantitative estimate of drug-likeness (QED) is 0.197. The first-order chi connectivity index (χ1) is 21.8. The minimum absolute atomic E-state index is 0.978. The average Bonchev–Trinajstić information content (AvgIpc) is 3.11. The fourth-order valence-electron chi connectivity index (χ4n) is 6.85. The van der Waals surface area contributed by atoms with Gasteiger partial charge in [0.25, 0.3) is 0 Å². The van der Waals surface area contributed by atoms with Crippen molar-refractivity contribution in [1.29, 1.82) is 0 Å². The molecule has 44 heavy (non-hydrogen) atoms. The predicted octanol–water partition coefficient (Wildman–Crippen LogP) is 11.8. The zero-order valence-electron chi connectivity index (χ0n) is 24.0. The zero-order valence-corrected chi connectivity index (χ0v) is 24.0. The monoisotopic (exact) mass is 557 g/mol. The maximum atomic E-state index is 5.31. The summed E-state index contributed by atoms with van der Waals surface area (Å²) in [6.45, 7) is 0. The highest BCUT2D eigenvalue weighted by molar-refractivity contribution is 6.25. The number of benzene rings is 8. The molecule has 0 spiro atoms. The molecular weight excluding hydrogens is 530 g/mol. The molecule has 0 aliphatic heterocycles. The number of rotatable bonds is 3. The van der Waals surface area contributed by atoms with E-state index in [1.807, 2.05) is 0 Å². The number of hydrogen-bond acceptors (Lipinski definition) is 1. The smallest absolute Gasteiger partial charge is 0.0788 e. The highest BCUT2D eigenvalue weighted by Crippen LogP contribution is 2.38. The lowest BCUT2D eigenvalue weighted by atomic mass is 9.91. The van der Waals surface area contributed by atoms with Crippen molar-refractivity contribution in [2.24, 2.45) is 0 Å². The summed E-state index contributed by atoms with van der Waals surface area (Å²) in [5.41, 5.74) is 6.62. The van der Waals surface area contributed by atoms with Crippen LogP contribution in [0.3, 0.4) is 0 Å². The van der Waals surface area contributed by atoms with Gasteiger partial charge in [-0.25, -0.2) is 4.98 Å². The molecule has 0 bridgehead atoms. The van der Waals surface area contributed by atoms with Crippen LogP contribution in [0.5, 0.6) is 0 Å². The minimum atomic E-state index is 0.978. The first-order valence-corrected chi connectivity index (χ1v) is 15.1. The number of nitrogens with zero attached hydrogens (tertiary/aromatic N) is 1. The van der Waals surface area contributed by atoms with Gasteiger partial charge < -0.3 is 0 Å². The van der Waals surface area contributed by atoms with Gasteiger partial charge >= 0.3 is 0 Å². The molecule has 9 rings (SSSR count). The zero-order chi connectivity index (χ0) is 29.0. The van der Waals surface area contributed by atoms with Crippen molar-refractivity contribution in [2.75, 3.05) is 0 Å². The van der Waals surface area contributed by atoms with Crippen LogP contribution in [0.15, 0.2) is 164 Å². The van der Waals surface area contributed by atoms with Gasteiger partial charge in [0.05, 0.1) is 11.4 Å². The third-order valence-electron chi connectivity index (χ3n) is 9.00. The molecule has 0 radical (unpaired) electrons. The molecule has 0 aliphatic rings. The van der Waals surface area contributed by atoms with Crippen LogP contribution in [-0.2, 0) is 0 Å². The summed E-state index contributed by atoms with van der Waals surface area (Å²) in [5.74, 6) is 0. The van der Waals surface area contributed by atoms with E-state index < -0.39 is 0 Å². The Labute approximate surface area is 255 Å². The molecule has 9 aromatic rings. The van der Waals surface area contributed by atoms with E-state index in [1.165, 1.54) is 59.6 Å². The van der Waals surface area contributed by atoms with Gasteiger partial charge in [-0.15, -0.1) is 0 Å². The Kier molecular flexibility index (Phi) is 5.57. The van der Waals surface area contributed by atoms with Crippen LogP contribution in [0.2, 0.25) is 0 Å². The van der Waals surface area contributed by atoms with Crippen molar-refractivity contribution in [3.8, 4) is 33.6 Å². The third-order valence-corrected chi connectivity index (χ3v) is 9.00. The lowest BCUT2D eigenvalue weighted by molar-refractivity contribution is 1.35. The molecule has 1 heterocycles. The fraction of sp³-hybridized carbons (Fsp3) is 0. The summed E-state index contributed by atoms with van der Waals surface area (Å²) < 4.78 is 0. The van der Waals surface area contributed by atoms with E-state index in [0.29, 0.717) is 0 Å². The van der Waals surface area contributed by atoms with Gasteiger partial charge in [0.2, 0.25) is 0 Å². The Bertz CT molecular complexity index is 2520. The third kappa shape index (κ3) is 3.98. The molecule has 8 aromatic carbocycles. The van der Waals surface area contributed by atoms with Crippen LogP contribution < -0.4 is 0 Å². The van der Waals surface area contributed by atoms with E-state index >= 15 is 0 Å². The first-order valence-electron chi connectivity index (χ1n) is 15.1. The van der Waals surface area contributed by atoms with E-state index in [4.69, 9.17) is 4.98 Å². The summed E-state index contributed by atoms with van der Waals surface area (Å²) in [6, 6.07) is 59.2. The Morgan fingerprint density at radius 2 is 0.818 bits per heavy atom. The highest BCUT2D eigenvalue weighted by Gasteiger charge is 2.13. The molecule has 204 valence electrons. The SMILES string of the molecule is c1cc(-c2ccc3c4ccccc4c4ccccc4c3c2)cc(-c2cc3ccccc3c(-c3ccc4ccccc4c3)n2)c1. The Balaban J connectivity index is 1.21. The molecule has 0 fully saturated rings. The highest BCUT2D eigenvalue weighted by atomic mass is 14.7. The van der Waals surface area contributed by atoms with E-state index in [-0.39, 0.29) is 0 Å². The molecule has 0 amide bonds. The summed E-state index contributed by atoms with van der Waals surface area (Å²) in [6.07, 6.45) is 0. The van der Waals surface area contributed by atoms with Crippen LogP contribution >= 0.6 is 0 Å². The van der Waals surface area contributed by atoms with E-state index in [2.05, 4.69) is 164 Å². The Morgan fingerprint density at radius 1 is 0.273 bits per heavy atom. The molecule has 1 nitrogen and oxygen atoms in total. The molecule has 0 aliphatic carbocycles. The van der Waals surface area contributed by atoms with Crippen molar-refractivity contribution in [1.82, 2.24) is 4.98 Å². The Morgan fingerprint density at radius 3 is 1.57 bits per heavy atom. The summed E-state index contributed by atoms with van der Waals surface area (Å²) in [4.78, 5) is 5.31. The molecule has 0 unspecified atom stereocenters. The summed E-state index contributed by atoms with van der Waals surface area (Å²) in [5, 5.41) is 12.6. The van der Waals surface area contributed by atoms with Gasteiger partial charge in [-0.05, 0) is 83.9 Å². The Hall–Kier alpha value is -5.79. The molecule has 0 atom stereocenters. The minimum Gasteiger partial charge on any atom is -0.247 e. The molecule has 1 heteroatoms. The van der Waals surface area contributed by atoms with Gasteiger partial charge in [-0.1, -0.05) is 140 Å². The van der Waals surface area contributed by atoms with Crippen LogP contribution in [0.4, 0.5) is 0 Å². The van der Waals surface area contributed by atoms with Gasteiger partial charge in [0, 0.05) is 16.5 Å². The number of fused-ring (bicyclic) bond motifs is 8. The van der Waals surface area contributed by atoms with Gasteiger partial charge in [0.1, 0.15) is 0 Å². The fourth-order valence-corrected chi connectivity index (χ4v) is 6.85. The molecule has 0 N–H and O–H groups in total. The van der Waals surface area contributed by atoms with Crippen LogP contribution in [0.1, 0.15) is 0 Å². The van der Waals surface area contributed by atoms with E-state index in [9.17, 15) is 0 Å². The lowest BCUT2D eigenvalue weighted by Gasteiger charge is -2.13. The second kappa shape index (κ2) is 9.90. The van der Waals surface area contributed by atoms with Crippen molar-refractivity contribution >= 4 is 53.9 Å². The van der Waals surface area contributed by atoms with Crippen LogP contribution in [0.25, 0.3) is 87.5 Å². The second-order valence-electron chi connectivity index (χ2n) is 11.6. The lowest BCUT2D eigenvalue weighted by Crippen LogP contribution is -1.92. The maximum Gasteiger partial charge on any atom is 0.0788 e. The normalized spacial score (nSPS) is 11.6. The maximum absolute atomic E-state index is 5.31. The van der Waals surface area contributed by atoms with Crippen molar-refractivity contribution in [2.45, 2.75) is 0 Å².